The van der Waals surface area contributed by atoms with Gasteiger partial charge in [0, 0.05) is 18.1 Å². The number of halogens is 1. The lowest BCUT2D eigenvalue weighted by Gasteiger charge is -2.28. The first-order chi connectivity index (χ1) is 9.08. The number of hydrazine groups is 1. The fourth-order valence-electron chi connectivity index (χ4n) is 3.21. The van der Waals surface area contributed by atoms with E-state index in [0.717, 1.165) is 30.6 Å². The smallest absolute Gasteiger partial charge is 0.128 e. The van der Waals surface area contributed by atoms with Crippen LogP contribution in [0.3, 0.4) is 0 Å². The predicted molar refractivity (Wildman–Crippen MR) is 74.1 cm³/mol. The Labute approximate surface area is 114 Å². The van der Waals surface area contributed by atoms with Crippen molar-refractivity contribution in [2.45, 2.75) is 45.8 Å². The number of benzene rings is 1. The van der Waals surface area contributed by atoms with Gasteiger partial charge in [-0.15, -0.1) is 0 Å². The van der Waals surface area contributed by atoms with Gasteiger partial charge in [-0.05, 0) is 43.9 Å². The summed E-state index contributed by atoms with van der Waals surface area (Å²) in [4.78, 5) is 0. The van der Waals surface area contributed by atoms with Crippen molar-refractivity contribution in [1.29, 1.82) is 0 Å². The fourth-order valence-corrected chi connectivity index (χ4v) is 3.21. The van der Waals surface area contributed by atoms with Crippen LogP contribution in [0.1, 0.15) is 42.5 Å². The van der Waals surface area contributed by atoms with Crippen LogP contribution in [-0.4, -0.2) is 12.7 Å². The Balaban J connectivity index is 2.37. The van der Waals surface area contributed by atoms with E-state index >= 15 is 0 Å². The first-order valence-corrected chi connectivity index (χ1v) is 6.92. The molecule has 1 saturated heterocycles. The zero-order valence-corrected chi connectivity index (χ0v) is 11.9. The second-order valence-electron chi connectivity index (χ2n) is 5.39. The number of rotatable bonds is 4. The van der Waals surface area contributed by atoms with Crippen molar-refractivity contribution in [2.24, 2.45) is 11.8 Å². The van der Waals surface area contributed by atoms with Gasteiger partial charge in [-0.25, -0.2) is 4.39 Å². The Kier molecular flexibility index (Phi) is 4.55. The van der Waals surface area contributed by atoms with Crippen LogP contribution in [0.4, 0.5) is 4.39 Å². The molecular formula is C15H23FN2O. The minimum atomic E-state index is -0.187. The molecule has 0 aliphatic carbocycles. The van der Waals surface area contributed by atoms with Gasteiger partial charge in [0.1, 0.15) is 5.82 Å². The minimum absolute atomic E-state index is 0.154. The summed E-state index contributed by atoms with van der Waals surface area (Å²) in [6, 6.07) is 3.39. The molecule has 1 aromatic rings. The predicted octanol–water partition coefficient (Wildman–Crippen LogP) is 2.76. The molecule has 0 radical (unpaired) electrons. The van der Waals surface area contributed by atoms with E-state index in [9.17, 15) is 4.39 Å². The summed E-state index contributed by atoms with van der Waals surface area (Å²) in [5.74, 6) is 5.75. The fraction of sp³-hybridized carbons (Fsp3) is 0.600. The summed E-state index contributed by atoms with van der Waals surface area (Å²) in [6.45, 7) is 6.66. The normalized spacial score (nSPS) is 24.7. The van der Waals surface area contributed by atoms with Gasteiger partial charge in [0.05, 0.1) is 12.1 Å². The standard InChI is InChI=1S/C15H23FN2O/c1-4-13-11(5-6-19-13)15(18-17)14-10(3)7-9(2)8-12(14)16/h7-8,11,13,15,18H,4-6,17H2,1-3H3. The zero-order chi connectivity index (χ0) is 14.0. The Morgan fingerprint density at radius 3 is 2.79 bits per heavy atom. The number of nitrogens with two attached hydrogens (primary N) is 1. The van der Waals surface area contributed by atoms with Crippen LogP contribution in [0.15, 0.2) is 12.1 Å². The van der Waals surface area contributed by atoms with Gasteiger partial charge in [-0.1, -0.05) is 13.0 Å². The maximum atomic E-state index is 14.3. The molecule has 1 aliphatic rings. The van der Waals surface area contributed by atoms with Crippen molar-refractivity contribution in [3.63, 3.8) is 0 Å². The monoisotopic (exact) mass is 266 g/mol. The summed E-state index contributed by atoms with van der Waals surface area (Å²) in [7, 11) is 0. The third-order valence-electron chi connectivity index (χ3n) is 4.06. The molecule has 1 aromatic carbocycles. The van der Waals surface area contributed by atoms with Crippen LogP contribution in [0.5, 0.6) is 0 Å². The molecule has 0 spiro atoms. The molecule has 1 heterocycles. The van der Waals surface area contributed by atoms with Gasteiger partial charge in [-0.3, -0.25) is 11.3 Å². The number of nitrogens with one attached hydrogen (secondary N) is 1. The van der Waals surface area contributed by atoms with E-state index in [1.807, 2.05) is 19.9 Å². The molecule has 4 heteroatoms. The Morgan fingerprint density at radius 2 is 2.21 bits per heavy atom. The average molecular weight is 266 g/mol. The molecule has 19 heavy (non-hydrogen) atoms. The summed E-state index contributed by atoms with van der Waals surface area (Å²) in [5.41, 5.74) is 5.37. The zero-order valence-electron chi connectivity index (χ0n) is 11.9. The number of aryl methyl sites for hydroxylation is 2. The number of hydrogen-bond acceptors (Lipinski definition) is 3. The molecule has 3 atom stereocenters. The molecule has 3 nitrogen and oxygen atoms in total. The molecule has 0 aromatic heterocycles. The van der Waals surface area contributed by atoms with Crippen molar-refractivity contribution in [3.8, 4) is 0 Å². The van der Waals surface area contributed by atoms with Gasteiger partial charge in [0.15, 0.2) is 0 Å². The van der Waals surface area contributed by atoms with Crippen LogP contribution in [0.25, 0.3) is 0 Å². The number of hydrogen-bond donors (Lipinski definition) is 2. The molecule has 3 unspecified atom stereocenters. The molecule has 1 aliphatic heterocycles. The van der Waals surface area contributed by atoms with Crippen LogP contribution in [-0.2, 0) is 4.74 Å². The van der Waals surface area contributed by atoms with Gasteiger partial charge in [0.25, 0.3) is 0 Å². The summed E-state index contributed by atoms with van der Waals surface area (Å²) >= 11 is 0. The van der Waals surface area contributed by atoms with E-state index in [1.165, 1.54) is 0 Å². The van der Waals surface area contributed by atoms with Gasteiger partial charge < -0.3 is 4.74 Å². The van der Waals surface area contributed by atoms with E-state index in [4.69, 9.17) is 10.6 Å². The first kappa shape index (κ1) is 14.4. The average Bonchev–Trinajstić information content (AvgIpc) is 2.81. The lowest BCUT2D eigenvalue weighted by atomic mass is 9.84. The third-order valence-corrected chi connectivity index (χ3v) is 4.06. The molecular weight excluding hydrogens is 243 g/mol. The van der Waals surface area contributed by atoms with Gasteiger partial charge in [-0.2, -0.15) is 0 Å². The molecule has 2 rings (SSSR count). The maximum absolute atomic E-state index is 14.3. The second kappa shape index (κ2) is 5.99. The van der Waals surface area contributed by atoms with E-state index in [2.05, 4.69) is 12.3 Å². The van der Waals surface area contributed by atoms with Crippen molar-refractivity contribution in [3.05, 3.63) is 34.6 Å². The lowest BCUT2D eigenvalue weighted by molar-refractivity contribution is 0.0769. The third kappa shape index (κ3) is 2.81. The highest BCUT2D eigenvalue weighted by molar-refractivity contribution is 5.35. The van der Waals surface area contributed by atoms with E-state index < -0.39 is 0 Å². The molecule has 0 bridgehead atoms. The summed E-state index contributed by atoms with van der Waals surface area (Å²) < 4.78 is 20.0. The minimum Gasteiger partial charge on any atom is -0.378 e. The largest absolute Gasteiger partial charge is 0.378 e. The van der Waals surface area contributed by atoms with Crippen molar-refractivity contribution >= 4 is 0 Å². The summed E-state index contributed by atoms with van der Waals surface area (Å²) in [6.07, 6.45) is 2.00. The quantitative estimate of drug-likeness (QED) is 0.650. The highest BCUT2D eigenvalue weighted by atomic mass is 19.1. The first-order valence-electron chi connectivity index (χ1n) is 6.92. The molecule has 3 N–H and O–H groups in total. The van der Waals surface area contributed by atoms with Crippen LogP contribution in [0.2, 0.25) is 0 Å². The molecule has 0 amide bonds. The maximum Gasteiger partial charge on any atom is 0.128 e. The molecule has 1 fully saturated rings. The van der Waals surface area contributed by atoms with Crippen LogP contribution >= 0.6 is 0 Å². The molecule has 0 saturated carbocycles. The van der Waals surface area contributed by atoms with E-state index in [0.29, 0.717) is 5.56 Å². The van der Waals surface area contributed by atoms with Crippen molar-refractivity contribution in [2.75, 3.05) is 6.61 Å². The lowest BCUT2D eigenvalue weighted by Crippen LogP contribution is -2.37. The highest BCUT2D eigenvalue weighted by Gasteiger charge is 2.35. The Morgan fingerprint density at radius 1 is 1.47 bits per heavy atom. The van der Waals surface area contributed by atoms with Gasteiger partial charge in [0.2, 0.25) is 0 Å². The van der Waals surface area contributed by atoms with Crippen LogP contribution < -0.4 is 11.3 Å². The van der Waals surface area contributed by atoms with Crippen molar-refractivity contribution < 1.29 is 9.13 Å². The summed E-state index contributed by atoms with van der Waals surface area (Å²) in [5, 5.41) is 0. The number of ether oxygens (including phenoxy) is 1. The van der Waals surface area contributed by atoms with Crippen LogP contribution in [0, 0.1) is 25.6 Å². The topological polar surface area (TPSA) is 47.3 Å². The second-order valence-corrected chi connectivity index (χ2v) is 5.39. The highest BCUT2D eigenvalue weighted by Crippen LogP contribution is 2.36. The van der Waals surface area contributed by atoms with Gasteiger partial charge >= 0.3 is 0 Å². The Bertz CT molecular complexity index is 427. The molecule has 106 valence electrons. The van der Waals surface area contributed by atoms with E-state index in [-0.39, 0.29) is 23.9 Å². The SMILES string of the molecule is CCC1OCCC1C(NN)c1c(C)cc(C)cc1F. The van der Waals surface area contributed by atoms with E-state index in [1.54, 1.807) is 6.07 Å². The van der Waals surface area contributed by atoms with Crippen molar-refractivity contribution in [1.82, 2.24) is 5.43 Å². The Hall–Kier alpha value is -0.970.